The van der Waals surface area contributed by atoms with Crippen LogP contribution in [-0.2, 0) is 30.4 Å². The first kappa shape index (κ1) is 20.5. The van der Waals surface area contributed by atoms with Gasteiger partial charge in [0.1, 0.15) is 43.2 Å². The van der Waals surface area contributed by atoms with Gasteiger partial charge in [-0.15, -0.1) is 0 Å². The molecule has 0 aliphatic carbocycles. The van der Waals surface area contributed by atoms with Crippen LogP contribution in [0.5, 0.6) is 0 Å². The average molecular weight is 408 g/mol. The van der Waals surface area contributed by atoms with Crippen molar-refractivity contribution in [3.05, 3.63) is 28.5 Å². The standard InChI is InChI=1S/C17H20N4O8/c1-8(23)26-7-14-13(27-9(2)24)4-15(28-14)21-5-11(16(18)19-17(21)25)12-3-10(6-22)29-20-12/h3,5,13-15,22H,4,6-7H2,1-2H3,(H2,18,19,25)/t13-,14+,15+/m0/s1. The molecule has 0 unspecified atom stereocenters. The minimum Gasteiger partial charge on any atom is -0.463 e. The van der Waals surface area contributed by atoms with E-state index in [2.05, 4.69) is 10.1 Å². The van der Waals surface area contributed by atoms with E-state index >= 15 is 0 Å². The summed E-state index contributed by atoms with van der Waals surface area (Å²) in [5.74, 6) is -0.909. The van der Waals surface area contributed by atoms with Gasteiger partial charge in [-0.3, -0.25) is 14.2 Å². The molecule has 2 aromatic rings. The summed E-state index contributed by atoms with van der Waals surface area (Å²) in [6.45, 7) is 1.99. The van der Waals surface area contributed by atoms with E-state index in [0.29, 0.717) is 5.56 Å². The molecule has 1 fully saturated rings. The van der Waals surface area contributed by atoms with Crippen LogP contribution in [0.2, 0.25) is 0 Å². The normalized spacial score (nSPS) is 21.1. The Balaban J connectivity index is 1.90. The number of aromatic nitrogens is 3. The Labute approximate surface area is 164 Å². The van der Waals surface area contributed by atoms with Gasteiger partial charge in [-0.05, 0) is 0 Å². The second-order valence-electron chi connectivity index (χ2n) is 6.38. The summed E-state index contributed by atoms with van der Waals surface area (Å²) >= 11 is 0. The first-order chi connectivity index (χ1) is 13.8. The fourth-order valence-corrected chi connectivity index (χ4v) is 2.96. The lowest BCUT2D eigenvalue weighted by atomic mass is 10.1. The molecule has 0 spiro atoms. The predicted octanol–water partition coefficient (Wildman–Crippen LogP) is -0.245. The van der Waals surface area contributed by atoms with Crippen LogP contribution in [-0.4, -0.2) is 50.6 Å². The van der Waals surface area contributed by atoms with E-state index in [4.69, 9.17) is 29.6 Å². The Bertz CT molecular complexity index is 969. The van der Waals surface area contributed by atoms with Gasteiger partial charge in [-0.1, -0.05) is 5.16 Å². The molecule has 0 amide bonds. The molecule has 3 atom stereocenters. The summed E-state index contributed by atoms with van der Waals surface area (Å²) in [5, 5.41) is 12.9. The van der Waals surface area contributed by atoms with Crippen LogP contribution in [0.3, 0.4) is 0 Å². The molecular formula is C17H20N4O8. The third kappa shape index (κ3) is 4.60. The highest BCUT2D eigenvalue weighted by molar-refractivity contribution is 5.69. The third-order valence-corrected chi connectivity index (χ3v) is 4.23. The highest BCUT2D eigenvalue weighted by atomic mass is 16.6. The molecule has 156 valence electrons. The number of esters is 2. The summed E-state index contributed by atoms with van der Waals surface area (Å²) in [6, 6.07) is 1.46. The third-order valence-electron chi connectivity index (χ3n) is 4.23. The van der Waals surface area contributed by atoms with Crippen molar-refractivity contribution < 1.29 is 33.4 Å². The minimum atomic E-state index is -0.844. The molecule has 0 radical (unpaired) electrons. The number of carbonyl (C=O) groups excluding carboxylic acids is 2. The molecule has 0 bridgehead atoms. The van der Waals surface area contributed by atoms with Gasteiger partial charge >= 0.3 is 17.6 Å². The molecule has 29 heavy (non-hydrogen) atoms. The summed E-state index contributed by atoms with van der Waals surface area (Å²) < 4.78 is 22.1. The number of nitrogens with two attached hydrogens (primary N) is 1. The maximum absolute atomic E-state index is 12.4. The maximum Gasteiger partial charge on any atom is 0.351 e. The molecule has 12 heteroatoms. The molecule has 3 heterocycles. The van der Waals surface area contributed by atoms with Gasteiger partial charge in [0, 0.05) is 32.5 Å². The maximum atomic E-state index is 12.4. The van der Waals surface area contributed by atoms with Gasteiger partial charge in [0.2, 0.25) is 0 Å². The van der Waals surface area contributed by atoms with Gasteiger partial charge in [-0.2, -0.15) is 4.98 Å². The second kappa shape index (κ2) is 8.41. The monoisotopic (exact) mass is 408 g/mol. The van der Waals surface area contributed by atoms with Crippen molar-refractivity contribution >= 4 is 17.8 Å². The number of hydrogen-bond donors (Lipinski definition) is 2. The number of rotatable bonds is 6. The summed E-state index contributed by atoms with van der Waals surface area (Å²) in [7, 11) is 0. The quantitative estimate of drug-likeness (QED) is 0.605. The van der Waals surface area contributed by atoms with Crippen molar-refractivity contribution in [2.45, 2.75) is 45.3 Å². The Morgan fingerprint density at radius 1 is 1.38 bits per heavy atom. The summed E-state index contributed by atoms with van der Waals surface area (Å²) in [6.07, 6.45) is -0.792. The smallest absolute Gasteiger partial charge is 0.351 e. The topological polar surface area (TPSA) is 169 Å². The highest BCUT2D eigenvalue weighted by Gasteiger charge is 2.40. The SMILES string of the molecule is CC(=O)OC[C@H]1O[C@@H](n2cc(-c3cc(CO)on3)c(N)nc2=O)C[C@@H]1OC(C)=O. The number of aliphatic hydroxyl groups is 1. The lowest BCUT2D eigenvalue weighted by Crippen LogP contribution is -2.31. The summed E-state index contributed by atoms with van der Waals surface area (Å²) in [5.41, 5.74) is 5.73. The van der Waals surface area contributed by atoms with E-state index in [0.717, 1.165) is 0 Å². The van der Waals surface area contributed by atoms with E-state index < -0.39 is 36.1 Å². The summed E-state index contributed by atoms with van der Waals surface area (Å²) in [4.78, 5) is 38.7. The molecule has 0 saturated carbocycles. The highest BCUT2D eigenvalue weighted by Crippen LogP contribution is 2.32. The largest absolute Gasteiger partial charge is 0.463 e. The average Bonchev–Trinajstić information content (AvgIpc) is 3.26. The molecule has 1 aliphatic rings. The van der Waals surface area contributed by atoms with Crippen LogP contribution >= 0.6 is 0 Å². The van der Waals surface area contributed by atoms with Crippen molar-refractivity contribution in [3.63, 3.8) is 0 Å². The van der Waals surface area contributed by atoms with Gasteiger partial charge in [0.15, 0.2) is 5.76 Å². The lowest BCUT2D eigenvalue weighted by Gasteiger charge is -2.17. The van der Waals surface area contributed by atoms with E-state index in [9.17, 15) is 14.4 Å². The van der Waals surface area contributed by atoms with Crippen molar-refractivity contribution in [1.82, 2.24) is 14.7 Å². The molecule has 3 rings (SSSR count). The van der Waals surface area contributed by atoms with E-state index in [1.807, 2.05) is 0 Å². The van der Waals surface area contributed by atoms with Crippen molar-refractivity contribution in [3.8, 4) is 11.3 Å². The van der Waals surface area contributed by atoms with Crippen molar-refractivity contribution in [1.29, 1.82) is 0 Å². The second-order valence-corrected chi connectivity index (χ2v) is 6.38. The first-order valence-corrected chi connectivity index (χ1v) is 8.70. The number of aliphatic hydroxyl groups excluding tert-OH is 1. The Morgan fingerprint density at radius 2 is 2.14 bits per heavy atom. The zero-order valence-corrected chi connectivity index (χ0v) is 15.7. The zero-order valence-electron chi connectivity index (χ0n) is 15.7. The number of ether oxygens (including phenoxy) is 3. The predicted molar refractivity (Wildman–Crippen MR) is 95.0 cm³/mol. The van der Waals surface area contributed by atoms with E-state index in [-0.39, 0.29) is 36.9 Å². The van der Waals surface area contributed by atoms with Crippen LogP contribution in [0.15, 0.2) is 21.6 Å². The first-order valence-electron chi connectivity index (χ1n) is 8.70. The molecule has 1 aliphatic heterocycles. The van der Waals surface area contributed by atoms with Crippen LogP contribution < -0.4 is 11.4 Å². The van der Waals surface area contributed by atoms with Crippen LogP contribution in [0.1, 0.15) is 32.3 Å². The number of nitrogen functional groups attached to an aromatic ring is 1. The number of carbonyl (C=O) groups is 2. The Hall–Kier alpha value is -3.25. The number of hydrogen-bond acceptors (Lipinski definition) is 11. The fourth-order valence-electron chi connectivity index (χ4n) is 2.96. The van der Waals surface area contributed by atoms with Gasteiger partial charge in [0.05, 0.1) is 5.56 Å². The van der Waals surface area contributed by atoms with Crippen molar-refractivity contribution in [2.75, 3.05) is 12.3 Å². The van der Waals surface area contributed by atoms with E-state index in [1.54, 1.807) is 0 Å². The minimum absolute atomic E-state index is 0.0740. The molecule has 2 aromatic heterocycles. The zero-order chi connectivity index (χ0) is 21.1. The Kier molecular flexibility index (Phi) is 5.94. The lowest BCUT2D eigenvalue weighted by molar-refractivity contribution is -0.155. The molecule has 3 N–H and O–H groups in total. The molecular weight excluding hydrogens is 388 g/mol. The number of anilines is 1. The van der Waals surface area contributed by atoms with Crippen LogP contribution in [0, 0.1) is 0 Å². The Morgan fingerprint density at radius 3 is 2.76 bits per heavy atom. The fraction of sp³-hybridized carbons (Fsp3) is 0.471. The van der Waals surface area contributed by atoms with Crippen molar-refractivity contribution in [2.24, 2.45) is 0 Å². The molecule has 1 saturated heterocycles. The van der Waals surface area contributed by atoms with Gasteiger partial charge in [-0.25, -0.2) is 4.79 Å². The van der Waals surface area contributed by atoms with Crippen LogP contribution in [0.25, 0.3) is 11.3 Å². The van der Waals surface area contributed by atoms with E-state index in [1.165, 1.54) is 30.7 Å². The van der Waals surface area contributed by atoms with Crippen LogP contribution in [0.4, 0.5) is 5.82 Å². The molecule has 12 nitrogen and oxygen atoms in total. The van der Waals surface area contributed by atoms with Gasteiger partial charge in [0.25, 0.3) is 0 Å². The number of nitrogens with zero attached hydrogens (tertiary/aromatic N) is 3. The van der Waals surface area contributed by atoms with Gasteiger partial charge < -0.3 is 29.6 Å². The molecule has 0 aromatic carbocycles.